The predicted octanol–water partition coefficient (Wildman–Crippen LogP) is 2.11. The SMILES string of the molecule is CC(CO)CNC(=O)Cc1c[nH]c2ccc(Cl)cc12. The lowest BCUT2D eigenvalue weighted by Gasteiger charge is -2.09. The van der Waals surface area contributed by atoms with E-state index < -0.39 is 0 Å². The number of amides is 1. The molecule has 0 saturated carbocycles. The van der Waals surface area contributed by atoms with E-state index in [-0.39, 0.29) is 18.4 Å². The average molecular weight is 281 g/mol. The van der Waals surface area contributed by atoms with Gasteiger partial charge in [0.2, 0.25) is 5.91 Å². The van der Waals surface area contributed by atoms with Crippen LogP contribution in [0.25, 0.3) is 10.9 Å². The molecule has 1 unspecified atom stereocenters. The molecule has 0 fully saturated rings. The number of hydrogen-bond donors (Lipinski definition) is 3. The summed E-state index contributed by atoms with van der Waals surface area (Å²) in [6.45, 7) is 2.44. The summed E-state index contributed by atoms with van der Waals surface area (Å²) >= 11 is 5.96. The second-order valence-electron chi connectivity index (χ2n) is 4.77. The lowest BCUT2D eigenvalue weighted by molar-refractivity contribution is -0.120. The number of aliphatic hydroxyl groups excluding tert-OH is 1. The molecule has 4 nitrogen and oxygen atoms in total. The number of aliphatic hydroxyl groups is 1. The quantitative estimate of drug-likeness (QED) is 0.785. The fraction of sp³-hybridized carbons (Fsp3) is 0.357. The number of aromatic nitrogens is 1. The Balaban J connectivity index is 2.05. The molecular weight excluding hydrogens is 264 g/mol. The number of carbonyl (C=O) groups is 1. The predicted molar refractivity (Wildman–Crippen MR) is 76.3 cm³/mol. The molecule has 0 aliphatic heterocycles. The maximum atomic E-state index is 11.8. The van der Waals surface area contributed by atoms with Gasteiger partial charge in [-0.1, -0.05) is 18.5 Å². The van der Waals surface area contributed by atoms with Crippen molar-refractivity contribution in [1.29, 1.82) is 0 Å². The molecule has 0 spiro atoms. The van der Waals surface area contributed by atoms with E-state index in [0.29, 0.717) is 18.0 Å². The molecule has 1 aromatic carbocycles. The molecule has 3 N–H and O–H groups in total. The highest BCUT2D eigenvalue weighted by Crippen LogP contribution is 2.22. The molecule has 0 saturated heterocycles. The van der Waals surface area contributed by atoms with Gasteiger partial charge >= 0.3 is 0 Å². The molecule has 2 aromatic rings. The molecular formula is C14H17ClN2O2. The zero-order valence-corrected chi connectivity index (χ0v) is 11.5. The highest BCUT2D eigenvalue weighted by Gasteiger charge is 2.10. The van der Waals surface area contributed by atoms with Crippen LogP contribution >= 0.6 is 11.6 Å². The van der Waals surface area contributed by atoms with Crippen molar-refractivity contribution in [3.8, 4) is 0 Å². The number of H-pyrrole nitrogens is 1. The van der Waals surface area contributed by atoms with Crippen molar-refractivity contribution in [3.05, 3.63) is 35.0 Å². The van der Waals surface area contributed by atoms with Gasteiger partial charge in [-0.3, -0.25) is 4.79 Å². The third kappa shape index (κ3) is 3.49. The largest absolute Gasteiger partial charge is 0.396 e. The Kier molecular flexibility index (Phi) is 4.45. The smallest absolute Gasteiger partial charge is 0.224 e. The molecule has 2 rings (SSSR count). The van der Waals surface area contributed by atoms with Crippen LogP contribution in [0, 0.1) is 5.92 Å². The lowest BCUT2D eigenvalue weighted by atomic mass is 10.1. The standard InChI is InChI=1S/C14H17ClN2O2/c1-9(8-18)6-17-14(19)4-10-7-16-13-3-2-11(15)5-12(10)13/h2-3,5,7,9,16,18H,4,6,8H2,1H3,(H,17,19). The van der Waals surface area contributed by atoms with Crippen LogP contribution < -0.4 is 5.32 Å². The minimum Gasteiger partial charge on any atom is -0.396 e. The molecule has 1 aromatic heterocycles. The third-order valence-corrected chi connectivity index (χ3v) is 3.27. The fourth-order valence-corrected chi connectivity index (χ4v) is 2.06. The lowest BCUT2D eigenvalue weighted by Crippen LogP contribution is -2.30. The first-order valence-corrected chi connectivity index (χ1v) is 6.61. The van der Waals surface area contributed by atoms with Crippen molar-refractivity contribution in [2.45, 2.75) is 13.3 Å². The first kappa shape index (κ1) is 13.9. The number of carbonyl (C=O) groups excluding carboxylic acids is 1. The highest BCUT2D eigenvalue weighted by atomic mass is 35.5. The number of halogens is 1. The third-order valence-electron chi connectivity index (χ3n) is 3.04. The van der Waals surface area contributed by atoms with Crippen LogP contribution in [-0.2, 0) is 11.2 Å². The maximum absolute atomic E-state index is 11.8. The summed E-state index contributed by atoms with van der Waals surface area (Å²) in [4.78, 5) is 14.9. The molecule has 0 radical (unpaired) electrons. The van der Waals surface area contributed by atoms with Crippen LogP contribution in [0.4, 0.5) is 0 Å². The van der Waals surface area contributed by atoms with Gasteiger partial charge in [-0.05, 0) is 29.7 Å². The zero-order chi connectivity index (χ0) is 13.8. The van der Waals surface area contributed by atoms with Crippen LogP contribution in [0.5, 0.6) is 0 Å². The molecule has 0 bridgehead atoms. The Bertz CT molecular complexity index is 580. The minimum atomic E-state index is -0.0545. The van der Waals surface area contributed by atoms with E-state index in [4.69, 9.17) is 16.7 Å². The van der Waals surface area contributed by atoms with Crippen molar-refractivity contribution in [2.75, 3.05) is 13.2 Å². The monoisotopic (exact) mass is 280 g/mol. The number of fused-ring (bicyclic) bond motifs is 1. The Morgan fingerprint density at radius 1 is 1.53 bits per heavy atom. The summed E-state index contributed by atoms with van der Waals surface area (Å²) in [5, 5.41) is 13.3. The second-order valence-corrected chi connectivity index (χ2v) is 5.21. The van der Waals surface area contributed by atoms with Crippen molar-refractivity contribution >= 4 is 28.4 Å². The van der Waals surface area contributed by atoms with Crippen LogP contribution in [0.1, 0.15) is 12.5 Å². The number of nitrogens with one attached hydrogen (secondary N) is 2. The summed E-state index contributed by atoms with van der Waals surface area (Å²) in [6, 6.07) is 5.56. The van der Waals surface area contributed by atoms with Gasteiger partial charge in [0.1, 0.15) is 0 Å². The molecule has 0 aliphatic carbocycles. The number of hydrogen-bond acceptors (Lipinski definition) is 2. The number of rotatable bonds is 5. The summed E-state index contributed by atoms with van der Waals surface area (Å²) in [5.74, 6) is 0.0162. The van der Waals surface area contributed by atoms with E-state index in [2.05, 4.69) is 10.3 Å². The van der Waals surface area contributed by atoms with Gasteiger partial charge in [0.25, 0.3) is 0 Å². The van der Waals surface area contributed by atoms with Crippen LogP contribution in [0.3, 0.4) is 0 Å². The molecule has 0 aliphatic rings. The topological polar surface area (TPSA) is 65.1 Å². The summed E-state index contributed by atoms with van der Waals surface area (Å²) in [5.41, 5.74) is 1.89. The van der Waals surface area contributed by atoms with Crippen LogP contribution in [0.15, 0.2) is 24.4 Å². The Morgan fingerprint density at radius 3 is 3.05 bits per heavy atom. The minimum absolute atomic E-state index is 0.0545. The molecule has 19 heavy (non-hydrogen) atoms. The Morgan fingerprint density at radius 2 is 2.32 bits per heavy atom. The summed E-state index contributed by atoms with van der Waals surface area (Å²) in [6.07, 6.45) is 2.13. The molecule has 1 atom stereocenters. The van der Waals surface area contributed by atoms with Crippen molar-refractivity contribution in [2.24, 2.45) is 5.92 Å². The zero-order valence-electron chi connectivity index (χ0n) is 10.7. The number of aromatic amines is 1. The Labute approximate surface area is 116 Å². The second kappa shape index (κ2) is 6.08. The summed E-state index contributed by atoms with van der Waals surface area (Å²) in [7, 11) is 0. The van der Waals surface area contributed by atoms with Gasteiger partial charge in [-0.2, -0.15) is 0 Å². The van der Waals surface area contributed by atoms with Crippen molar-refractivity contribution in [1.82, 2.24) is 10.3 Å². The average Bonchev–Trinajstić information content (AvgIpc) is 2.78. The van der Waals surface area contributed by atoms with Gasteiger partial charge in [-0.15, -0.1) is 0 Å². The molecule has 1 amide bonds. The van der Waals surface area contributed by atoms with Crippen LogP contribution in [0.2, 0.25) is 5.02 Å². The van der Waals surface area contributed by atoms with Gasteiger partial charge in [0.15, 0.2) is 0 Å². The summed E-state index contributed by atoms with van der Waals surface area (Å²) < 4.78 is 0. The normalized spacial score (nSPS) is 12.6. The molecule has 1 heterocycles. The molecule has 102 valence electrons. The van der Waals surface area contributed by atoms with E-state index in [1.54, 1.807) is 0 Å². The van der Waals surface area contributed by atoms with E-state index in [1.807, 2.05) is 31.3 Å². The first-order valence-electron chi connectivity index (χ1n) is 6.23. The van der Waals surface area contributed by atoms with Gasteiger partial charge in [0.05, 0.1) is 6.42 Å². The van der Waals surface area contributed by atoms with Gasteiger partial charge in [0, 0.05) is 35.3 Å². The fourth-order valence-electron chi connectivity index (χ4n) is 1.88. The van der Waals surface area contributed by atoms with Crippen LogP contribution in [-0.4, -0.2) is 29.1 Å². The molecule has 5 heteroatoms. The highest BCUT2D eigenvalue weighted by molar-refractivity contribution is 6.31. The van der Waals surface area contributed by atoms with Crippen molar-refractivity contribution < 1.29 is 9.90 Å². The first-order chi connectivity index (χ1) is 9.10. The van der Waals surface area contributed by atoms with E-state index in [1.165, 1.54) is 0 Å². The van der Waals surface area contributed by atoms with E-state index in [9.17, 15) is 4.79 Å². The maximum Gasteiger partial charge on any atom is 0.224 e. The van der Waals surface area contributed by atoms with Gasteiger partial charge in [-0.25, -0.2) is 0 Å². The van der Waals surface area contributed by atoms with Crippen molar-refractivity contribution in [3.63, 3.8) is 0 Å². The van der Waals surface area contributed by atoms with E-state index in [0.717, 1.165) is 16.5 Å². The number of benzene rings is 1. The Hall–Kier alpha value is -1.52. The van der Waals surface area contributed by atoms with Gasteiger partial charge < -0.3 is 15.4 Å². The van der Waals surface area contributed by atoms with E-state index >= 15 is 0 Å².